The summed E-state index contributed by atoms with van der Waals surface area (Å²) in [6.07, 6.45) is 3.79. The number of hydrogen-bond acceptors (Lipinski definition) is 5. The number of carbonyl (C=O) groups is 1. The summed E-state index contributed by atoms with van der Waals surface area (Å²) in [5, 5.41) is 0. The molecule has 2 N–H and O–H groups in total. The molecule has 31 heavy (non-hydrogen) atoms. The number of hydrogen-bond donors (Lipinski definition) is 1. The molecule has 1 aromatic carbocycles. The van der Waals surface area contributed by atoms with Crippen molar-refractivity contribution in [2.75, 3.05) is 44.0 Å². The van der Waals surface area contributed by atoms with Crippen LogP contribution in [0.25, 0.3) is 11.1 Å². The van der Waals surface area contributed by atoms with Crippen LogP contribution >= 0.6 is 0 Å². The molecule has 2 aromatic rings. The van der Waals surface area contributed by atoms with E-state index in [0.717, 1.165) is 31.0 Å². The van der Waals surface area contributed by atoms with Crippen molar-refractivity contribution in [2.24, 2.45) is 0 Å². The number of nitrogens with two attached hydrogens (primary N) is 1. The zero-order valence-electron chi connectivity index (χ0n) is 18.9. The molecule has 1 saturated carbocycles. The summed E-state index contributed by atoms with van der Waals surface area (Å²) >= 11 is 0. The van der Waals surface area contributed by atoms with E-state index < -0.39 is 0 Å². The first-order valence-corrected chi connectivity index (χ1v) is 11.5. The van der Waals surface area contributed by atoms with Crippen LogP contribution in [0.3, 0.4) is 0 Å². The molecule has 2 fully saturated rings. The van der Waals surface area contributed by atoms with Gasteiger partial charge in [-0.2, -0.15) is 0 Å². The second kappa shape index (κ2) is 9.27. The van der Waals surface area contributed by atoms with Gasteiger partial charge in [-0.15, -0.1) is 0 Å². The zero-order chi connectivity index (χ0) is 22.0. The number of pyridine rings is 1. The lowest BCUT2D eigenvalue weighted by Gasteiger charge is -2.41. The lowest BCUT2D eigenvalue weighted by molar-refractivity contribution is -0.134. The van der Waals surface area contributed by atoms with Gasteiger partial charge in [-0.1, -0.05) is 31.2 Å². The number of anilines is 2. The van der Waals surface area contributed by atoms with E-state index in [4.69, 9.17) is 15.5 Å². The maximum Gasteiger partial charge on any atom is 0.225 e. The molecule has 2 aliphatic rings. The van der Waals surface area contributed by atoms with Crippen molar-refractivity contribution in [1.29, 1.82) is 0 Å². The zero-order valence-corrected chi connectivity index (χ0v) is 18.9. The van der Waals surface area contributed by atoms with Crippen molar-refractivity contribution in [3.8, 4) is 11.1 Å². The van der Waals surface area contributed by atoms with E-state index in [9.17, 15) is 4.79 Å². The molecule has 0 spiro atoms. The Kier molecular flexibility index (Phi) is 6.46. The molecule has 1 saturated heterocycles. The number of nitrogens with zero attached hydrogens (tertiary/aromatic N) is 3. The number of ether oxygens (including phenoxy) is 1. The normalized spacial score (nSPS) is 19.0. The minimum atomic E-state index is 0.115. The Labute approximate surface area is 185 Å². The van der Waals surface area contributed by atoms with E-state index in [2.05, 4.69) is 49.1 Å². The quantitative estimate of drug-likeness (QED) is 0.734. The van der Waals surface area contributed by atoms with Gasteiger partial charge in [0.2, 0.25) is 5.91 Å². The lowest BCUT2D eigenvalue weighted by atomic mass is 9.95. The summed E-state index contributed by atoms with van der Waals surface area (Å²) in [6, 6.07) is 10.8. The monoisotopic (exact) mass is 422 g/mol. The Morgan fingerprint density at radius 1 is 1.23 bits per heavy atom. The molecule has 1 atom stereocenters. The van der Waals surface area contributed by atoms with Crippen LogP contribution < -0.4 is 10.6 Å². The first-order chi connectivity index (χ1) is 15.0. The summed E-state index contributed by atoms with van der Waals surface area (Å²) in [7, 11) is 1.63. The van der Waals surface area contributed by atoms with E-state index in [0.29, 0.717) is 25.5 Å². The summed E-state index contributed by atoms with van der Waals surface area (Å²) in [5.41, 5.74) is 12.2. The molecular weight excluding hydrogens is 388 g/mol. The average molecular weight is 423 g/mol. The van der Waals surface area contributed by atoms with Crippen LogP contribution in [-0.4, -0.2) is 55.2 Å². The number of methoxy groups -OCH3 is 1. The maximum absolute atomic E-state index is 12.5. The molecule has 0 unspecified atom stereocenters. The van der Waals surface area contributed by atoms with E-state index in [1.165, 1.54) is 35.2 Å². The average Bonchev–Trinajstić information content (AvgIpc) is 3.62. The Hall–Kier alpha value is -2.60. The van der Waals surface area contributed by atoms with Gasteiger partial charge in [0.15, 0.2) is 5.82 Å². The minimum absolute atomic E-state index is 0.115. The third kappa shape index (κ3) is 4.54. The fourth-order valence-corrected chi connectivity index (χ4v) is 4.61. The Balaban J connectivity index is 1.61. The molecule has 1 aliphatic carbocycles. The predicted octanol–water partition coefficient (Wildman–Crippen LogP) is 3.84. The molecule has 1 aromatic heterocycles. The fourth-order valence-electron chi connectivity index (χ4n) is 4.61. The molecule has 166 valence electrons. The number of aryl methyl sites for hydroxylation is 1. The molecule has 4 rings (SSSR count). The molecule has 0 radical (unpaired) electrons. The summed E-state index contributed by atoms with van der Waals surface area (Å²) < 4.78 is 5.07. The minimum Gasteiger partial charge on any atom is -0.396 e. The number of nitrogen functional groups attached to an aromatic ring is 1. The highest BCUT2D eigenvalue weighted by molar-refractivity contribution is 5.79. The highest BCUT2D eigenvalue weighted by Crippen LogP contribution is 2.46. The van der Waals surface area contributed by atoms with Crippen molar-refractivity contribution < 1.29 is 9.53 Å². The number of benzene rings is 1. The van der Waals surface area contributed by atoms with Gasteiger partial charge < -0.3 is 20.3 Å². The first kappa shape index (κ1) is 21.6. The largest absolute Gasteiger partial charge is 0.396 e. The molecular formula is C25H34N4O2. The van der Waals surface area contributed by atoms with Gasteiger partial charge >= 0.3 is 0 Å². The Bertz CT molecular complexity index is 941. The van der Waals surface area contributed by atoms with Gasteiger partial charge in [-0.3, -0.25) is 4.79 Å². The van der Waals surface area contributed by atoms with Crippen LogP contribution in [0.15, 0.2) is 30.3 Å². The van der Waals surface area contributed by atoms with Crippen LogP contribution in [0.4, 0.5) is 11.5 Å². The molecule has 1 aliphatic heterocycles. The second-order valence-corrected chi connectivity index (χ2v) is 8.74. The number of piperazine rings is 1. The topological polar surface area (TPSA) is 71.7 Å². The number of carbonyl (C=O) groups excluding carboxylic acids is 1. The van der Waals surface area contributed by atoms with Gasteiger partial charge in [0.1, 0.15) is 0 Å². The summed E-state index contributed by atoms with van der Waals surface area (Å²) in [4.78, 5) is 21.8. The van der Waals surface area contributed by atoms with Crippen LogP contribution in [0.2, 0.25) is 0 Å². The van der Waals surface area contributed by atoms with Crippen LogP contribution in [0, 0.1) is 0 Å². The van der Waals surface area contributed by atoms with Crippen LogP contribution in [0.5, 0.6) is 0 Å². The molecule has 2 heterocycles. The van der Waals surface area contributed by atoms with Crippen LogP contribution in [0.1, 0.15) is 50.3 Å². The van der Waals surface area contributed by atoms with Gasteiger partial charge in [-0.05, 0) is 43.4 Å². The molecule has 6 heteroatoms. The number of aromatic nitrogens is 1. The number of rotatable bonds is 7. The lowest BCUT2D eigenvalue weighted by Crippen LogP contribution is -2.54. The third-order valence-electron chi connectivity index (χ3n) is 6.48. The van der Waals surface area contributed by atoms with E-state index in [1.54, 1.807) is 7.11 Å². The maximum atomic E-state index is 12.5. The second-order valence-electron chi connectivity index (χ2n) is 8.74. The standard InChI is InChI=1S/C25H34N4O2/c1-4-18-7-5-6-8-20(18)21-15-22(26)25(27-24(21)19-9-10-19)28-12-13-29(17(2)16-28)23(30)11-14-31-3/h5-8,15,17,19H,4,9-14,16,26H2,1-3H3/t17-/m1/s1. The Morgan fingerprint density at radius 2 is 2.00 bits per heavy atom. The van der Waals surface area contributed by atoms with Crippen molar-refractivity contribution in [1.82, 2.24) is 9.88 Å². The summed E-state index contributed by atoms with van der Waals surface area (Å²) in [5.74, 6) is 1.55. The van der Waals surface area contributed by atoms with E-state index in [-0.39, 0.29) is 11.9 Å². The van der Waals surface area contributed by atoms with Crippen molar-refractivity contribution in [3.63, 3.8) is 0 Å². The SMILES string of the molecule is CCc1ccccc1-c1cc(N)c(N2CCN(C(=O)CCOC)[C@H](C)C2)nc1C1CC1. The first-order valence-electron chi connectivity index (χ1n) is 11.5. The van der Waals surface area contributed by atoms with Gasteiger partial charge in [0.25, 0.3) is 0 Å². The van der Waals surface area contributed by atoms with Crippen LogP contribution in [-0.2, 0) is 16.0 Å². The smallest absolute Gasteiger partial charge is 0.225 e. The highest BCUT2D eigenvalue weighted by atomic mass is 16.5. The van der Waals surface area contributed by atoms with Crippen molar-refractivity contribution in [3.05, 3.63) is 41.6 Å². The molecule has 0 bridgehead atoms. The predicted molar refractivity (Wildman–Crippen MR) is 125 cm³/mol. The van der Waals surface area contributed by atoms with Gasteiger partial charge in [-0.25, -0.2) is 4.98 Å². The number of amides is 1. The Morgan fingerprint density at radius 3 is 2.68 bits per heavy atom. The molecule has 1 amide bonds. The van der Waals surface area contributed by atoms with E-state index >= 15 is 0 Å². The van der Waals surface area contributed by atoms with E-state index in [1.807, 2.05) is 4.90 Å². The molecule has 6 nitrogen and oxygen atoms in total. The van der Waals surface area contributed by atoms with Gasteiger partial charge in [0, 0.05) is 44.3 Å². The fraction of sp³-hybridized carbons (Fsp3) is 0.520. The highest BCUT2D eigenvalue weighted by Gasteiger charge is 2.32. The van der Waals surface area contributed by atoms with Crippen molar-refractivity contribution in [2.45, 2.75) is 51.5 Å². The third-order valence-corrected chi connectivity index (χ3v) is 6.48. The summed E-state index contributed by atoms with van der Waals surface area (Å²) in [6.45, 7) is 6.92. The van der Waals surface area contributed by atoms with Gasteiger partial charge in [0.05, 0.1) is 24.4 Å². The van der Waals surface area contributed by atoms with Crippen molar-refractivity contribution >= 4 is 17.4 Å².